The fourth-order valence-electron chi connectivity index (χ4n) is 1.47. The first-order valence-electron chi connectivity index (χ1n) is 6.52. The number of anilines is 1. The molecule has 0 saturated carbocycles. The molecule has 2 N–H and O–H groups in total. The van der Waals surface area contributed by atoms with Gasteiger partial charge in [0.05, 0.1) is 0 Å². The lowest BCUT2D eigenvalue weighted by atomic mass is 10.2. The average Bonchev–Trinajstić information content (AvgIpc) is 2.38. The highest BCUT2D eigenvalue weighted by atomic mass is 19.1. The van der Waals surface area contributed by atoms with E-state index < -0.39 is 0 Å². The molecule has 4 nitrogen and oxygen atoms in total. The van der Waals surface area contributed by atoms with Crippen molar-refractivity contribution < 1.29 is 13.9 Å². The Morgan fingerprint density at radius 1 is 1.37 bits per heavy atom. The summed E-state index contributed by atoms with van der Waals surface area (Å²) in [6, 6.07) is 4.27. The van der Waals surface area contributed by atoms with Crippen LogP contribution in [0.4, 0.5) is 14.9 Å². The molecule has 2 amide bonds. The fraction of sp³-hybridized carbons (Fsp3) is 0.500. The Labute approximate surface area is 113 Å². The summed E-state index contributed by atoms with van der Waals surface area (Å²) in [5.74, 6) is -0.328. The van der Waals surface area contributed by atoms with E-state index in [4.69, 9.17) is 4.74 Å². The molecule has 19 heavy (non-hydrogen) atoms. The summed E-state index contributed by atoms with van der Waals surface area (Å²) in [5, 5.41) is 5.27. The highest BCUT2D eigenvalue weighted by Gasteiger charge is 2.03. The monoisotopic (exact) mass is 268 g/mol. The number of carbonyl (C=O) groups excluding carboxylic acids is 1. The van der Waals surface area contributed by atoms with Gasteiger partial charge in [0, 0.05) is 25.4 Å². The Morgan fingerprint density at radius 2 is 2.16 bits per heavy atom. The van der Waals surface area contributed by atoms with Gasteiger partial charge in [0.2, 0.25) is 0 Å². The van der Waals surface area contributed by atoms with E-state index in [1.165, 1.54) is 6.07 Å². The molecular formula is C14H21FN2O2. The molecule has 0 unspecified atom stereocenters. The molecule has 0 heterocycles. The standard InChI is InChI=1S/C14H21FN2O2/c1-3-8-19-9-4-7-16-14(18)17-12-6-5-11(2)13(15)10-12/h5-6,10H,3-4,7-9H2,1-2H3,(H2,16,17,18). The third kappa shape index (κ3) is 6.20. The normalized spacial score (nSPS) is 10.3. The van der Waals surface area contributed by atoms with Crippen molar-refractivity contribution in [3.63, 3.8) is 0 Å². The van der Waals surface area contributed by atoms with E-state index in [9.17, 15) is 9.18 Å². The van der Waals surface area contributed by atoms with Crippen molar-refractivity contribution in [1.29, 1.82) is 0 Å². The van der Waals surface area contributed by atoms with Crippen LogP contribution in [0.3, 0.4) is 0 Å². The largest absolute Gasteiger partial charge is 0.381 e. The van der Waals surface area contributed by atoms with Crippen LogP contribution in [0.1, 0.15) is 25.3 Å². The minimum atomic E-state index is -0.334. The molecular weight excluding hydrogens is 247 g/mol. The Balaban J connectivity index is 2.21. The zero-order valence-electron chi connectivity index (χ0n) is 11.5. The average molecular weight is 268 g/mol. The number of benzene rings is 1. The lowest BCUT2D eigenvalue weighted by molar-refractivity contribution is 0.132. The summed E-state index contributed by atoms with van der Waals surface area (Å²) in [7, 11) is 0. The molecule has 1 rings (SSSR count). The number of urea groups is 1. The van der Waals surface area contributed by atoms with E-state index in [0.717, 1.165) is 19.4 Å². The number of hydrogen-bond acceptors (Lipinski definition) is 2. The van der Waals surface area contributed by atoms with Gasteiger partial charge >= 0.3 is 6.03 Å². The Hall–Kier alpha value is -1.62. The van der Waals surface area contributed by atoms with Gasteiger partial charge in [-0.25, -0.2) is 9.18 Å². The van der Waals surface area contributed by atoms with Crippen LogP contribution in [-0.4, -0.2) is 25.8 Å². The van der Waals surface area contributed by atoms with Gasteiger partial charge in [-0.2, -0.15) is 0 Å². The zero-order chi connectivity index (χ0) is 14.1. The molecule has 0 aliphatic rings. The highest BCUT2D eigenvalue weighted by Crippen LogP contribution is 2.13. The third-order valence-corrected chi connectivity index (χ3v) is 2.53. The van der Waals surface area contributed by atoms with Crippen LogP contribution in [0.2, 0.25) is 0 Å². The molecule has 0 aliphatic heterocycles. The SMILES string of the molecule is CCCOCCCNC(=O)Nc1ccc(C)c(F)c1. The molecule has 0 atom stereocenters. The van der Waals surface area contributed by atoms with E-state index in [0.29, 0.717) is 24.4 Å². The number of carbonyl (C=O) groups is 1. The summed E-state index contributed by atoms with van der Waals surface area (Å²) in [4.78, 5) is 11.5. The maximum Gasteiger partial charge on any atom is 0.319 e. The van der Waals surface area contributed by atoms with Crippen molar-refractivity contribution in [3.8, 4) is 0 Å². The first-order valence-corrected chi connectivity index (χ1v) is 6.52. The number of nitrogens with one attached hydrogen (secondary N) is 2. The lowest BCUT2D eigenvalue weighted by Crippen LogP contribution is -2.30. The van der Waals surface area contributed by atoms with Crippen LogP contribution in [0, 0.1) is 12.7 Å². The van der Waals surface area contributed by atoms with E-state index in [-0.39, 0.29) is 11.8 Å². The molecule has 1 aromatic carbocycles. The van der Waals surface area contributed by atoms with Crippen molar-refractivity contribution in [3.05, 3.63) is 29.6 Å². The topological polar surface area (TPSA) is 50.4 Å². The minimum Gasteiger partial charge on any atom is -0.381 e. The predicted molar refractivity (Wildman–Crippen MR) is 73.9 cm³/mol. The van der Waals surface area contributed by atoms with Gasteiger partial charge in [0.1, 0.15) is 5.82 Å². The summed E-state index contributed by atoms with van der Waals surface area (Å²) >= 11 is 0. The van der Waals surface area contributed by atoms with Crippen molar-refractivity contribution >= 4 is 11.7 Å². The van der Waals surface area contributed by atoms with E-state index >= 15 is 0 Å². The molecule has 0 aliphatic carbocycles. The van der Waals surface area contributed by atoms with Gasteiger partial charge in [-0.3, -0.25) is 0 Å². The van der Waals surface area contributed by atoms with Crippen molar-refractivity contribution in [2.45, 2.75) is 26.7 Å². The van der Waals surface area contributed by atoms with E-state index in [1.807, 2.05) is 6.92 Å². The first kappa shape index (κ1) is 15.4. The fourth-order valence-corrected chi connectivity index (χ4v) is 1.47. The van der Waals surface area contributed by atoms with Crippen LogP contribution in [0.5, 0.6) is 0 Å². The molecule has 0 saturated heterocycles. The van der Waals surface area contributed by atoms with Gasteiger partial charge in [0.25, 0.3) is 0 Å². The van der Waals surface area contributed by atoms with Crippen LogP contribution in [0.15, 0.2) is 18.2 Å². The number of ether oxygens (including phenoxy) is 1. The number of amides is 2. The smallest absolute Gasteiger partial charge is 0.319 e. The number of hydrogen-bond donors (Lipinski definition) is 2. The number of rotatable bonds is 7. The third-order valence-electron chi connectivity index (χ3n) is 2.53. The van der Waals surface area contributed by atoms with E-state index in [2.05, 4.69) is 10.6 Å². The molecule has 1 aromatic rings. The second kappa shape index (κ2) is 8.48. The molecule has 0 aromatic heterocycles. The predicted octanol–water partition coefficient (Wildman–Crippen LogP) is 3.07. The molecule has 5 heteroatoms. The molecule has 0 bridgehead atoms. The van der Waals surface area contributed by atoms with Crippen molar-refractivity contribution in [2.24, 2.45) is 0 Å². The van der Waals surface area contributed by atoms with Gasteiger partial charge < -0.3 is 15.4 Å². The van der Waals surface area contributed by atoms with Crippen LogP contribution >= 0.6 is 0 Å². The van der Waals surface area contributed by atoms with Crippen molar-refractivity contribution in [1.82, 2.24) is 5.32 Å². The van der Waals surface area contributed by atoms with Gasteiger partial charge in [-0.15, -0.1) is 0 Å². The van der Waals surface area contributed by atoms with E-state index in [1.54, 1.807) is 19.1 Å². The second-order valence-electron chi connectivity index (χ2n) is 4.31. The van der Waals surface area contributed by atoms with Gasteiger partial charge in [-0.1, -0.05) is 13.0 Å². The Bertz CT molecular complexity index is 410. The highest BCUT2D eigenvalue weighted by molar-refractivity contribution is 5.89. The second-order valence-corrected chi connectivity index (χ2v) is 4.31. The van der Waals surface area contributed by atoms with Gasteiger partial charge in [-0.05, 0) is 37.5 Å². The Kier molecular flexibility index (Phi) is 6.89. The maximum absolute atomic E-state index is 13.3. The zero-order valence-corrected chi connectivity index (χ0v) is 11.5. The van der Waals surface area contributed by atoms with Crippen LogP contribution in [-0.2, 0) is 4.74 Å². The van der Waals surface area contributed by atoms with Gasteiger partial charge in [0.15, 0.2) is 0 Å². The molecule has 0 spiro atoms. The summed E-state index contributed by atoms with van der Waals surface area (Å²) in [5.41, 5.74) is 1.00. The first-order chi connectivity index (χ1) is 9.13. The minimum absolute atomic E-state index is 0.328. The summed E-state index contributed by atoms with van der Waals surface area (Å²) in [6.45, 7) is 5.63. The molecule has 0 fully saturated rings. The molecule has 0 radical (unpaired) electrons. The molecule has 106 valence electrons. The summed E-state index contributed by atoms with van der Waals surface area (Å²) < 4.78 is 18.6. The van der Waals surface area contributed by atoms with Crippen LogP contribution < -0.4 is 10.6 Å². The maximum atomic E-state index is 13.3. The van der Waals surface area contributed by atoms with Crippen LogP contribution in [0.25, 0.3) is 0 Å². The lowest BCUT2D eigenvalue weighted by Gasteiger charge is -2.08. The number of aryl methyl sites for hydroxylation is 1. The Morgan fingerprint density at radius 3 is 2.84 bits per heavy atom. The number of halogens is 1. The quantitative estimate of drug-likeness (QED) is 0.747. The van der Waals surface area contributed by atoms with Crippen molar-refractivity contribution in [2.75, 3.05) is 25.1 Å². The summed E-state index contributed by atoms with van der Waals surface area (Å²) in [6.07, 6.45) is 1.75.